The molecule has 2 fully saturated rings. The van der Waals surface area contributed by atoms with Crippen molar-refractivity contribution in [1.82, 2.24) is 4.90 Å². The van der Waals surface area contributed by atoms with E-state index in [0.717, 1.165) is 19.4 Å². The fraction of sp³-hybridized carbons (Fsp3) is 1.00. The summed E-state index contributed by atoms with van der Waals surface area (Å²) in [6, 6.07) is 0.353. The highest BCUT2D eigenvalue weighted by atomic mass is 16.5. The Morgan fingerprint density at radius 1 is 1.29 bits per heavy atom. The monoisotopic (exact) mass is 241 g/mol. The Bertz CT molecular complexity index is 308. The predicted octanol–water partition coefficient (Wildman–Crippen LogP) is 2.04. The Morgan fingerprint density at radius 2 is 1.82 bits per heavy atom. The van der Waals surface area contributed by atoms with Gasteiger partial charge in [-0.05, 0) is 46.1 Å². The maximum absolute atomic E-state index is 9.83. The number of aliphatic hydroxyl groups is 1. The number of ether oxygens (including phenoxy) is 1. The van der Waals surface area contributed by atoms with E-state index >= 15 is 0 Å². The number of hydrogen-bond acceptors (Lipinski definition) is 3. The summed E-state index contributed by atoms with van der Waals surface area (Å²) < 4.78 is 6.40. The van der Waals surface area contributed by atoms with Gasteiger partial charge in [-0.2, -0.15) is 0 Å². The summed E-state index contributed by atoms with van der Waals surface area (Å²) >= 11 is 0. The van der Waals surface area contributed by atoms with Crippen molar-refractivity contribution in [3.63, 3.8) is 0 Å². The van der Waals surface area contributed by atoms with E-state index < -0.39 is 0 Å². The van der Waals surface area contributed by atoms with Crippen molar-refractivity contribution in [1.29, 1.82) is 0 Å². The third-order valence-electron chi connectivity index (χ3n) is 4.28. The topological polar surface area (TPSA) is 32.7 Å². The lowest BCUT2D eigenvalue weighted by molar-refractivity contribution is -0.122. The second kappa shape index (κ2) is 3.69. The van der Waals surface area contributed by atoms with Gasteiger partial charge in [0.1, 0.15) is 0 Å². The van der Waals surface area contributed by atoms with E-state index in [1.165, 1.54) is 0 Å². The number of rotatable bonds is 2. The first-order valence-electron chi connectivity index (χ1n) is 6.66. The van der Waals surface area contributed by atoms with Gasteiger partial charge >= 0.3 is 0 Å². The van der Waals surface area contributed by atoms with Gasteiger partial charge in [-0.1, -0.05) is 13.8 Å². The highest BCUT2D eigenvalue weighted by Crippen LogP contribution is 2.63. The second-order valence-electron chi connectivity index (χ2n) is 7.51. The molecule has 17 heavy (non-hydrogen) atoms. The number of likely N-dealkylation sites (N-methyl/N-ethyl adjacent to an activating group) is 1. The predicted molar refractivity (Wildman–Crippen MR) is 69.0 cm³/mol. The van der Waals surface area contributed by atoms with E-state index in [-0.39, 0.29) is 22.7 Å². The highest BCUT2D eigenvalue weighted by molar-refractivity contribution is 5.21. The molecule has 0 spiro atoms. The third kappa shape index (κ3) is 2.25. The van der Waals surface area contributed by atoms with Gasteiger partial charge in [0.2, 0.25) is 0 Å². The molecule has 2 rings (SSSR count). The minimum Gasteiger partial charge on any atom is -0.392 e. The minimum atomic E-state index is -0.193. The molecule has 0 aromatic carbocycles. The van der Waals surface area contributed by atoms with E-state index in [9.17, 15) is 5.11 Å². The van der Waals surface area contributed by atoms with Crippen LogP contribution in [-0.4, -0.2) is 46.9 Å². The highest BCUT2D eigenvalue weighted by Gasteiger charge is 2.69. The standard InChI is InChI=1S/C14H27NO2/c1-12(2,3)17-14(9-13(14,4)5)11-7-10(16)8-15(11)6/h10-11,16H,7-9H2,1-6H3. The Balaban J connectivity index is 2.20. The number of β-amino-alcohol motifs (C(OH)–C–C–N with tert-alkyl or cyclic N) is 1. The summed E-state index contributed by atoms with van der Waals surface area (Å²) in [4.78, 5) is 2.27. The third-order valence-corrected chi connectivity index (χ3v) is 4.28. The Labute approximate surface area is 105 Å². The molecule has 1 aliphatic heterocycles. The van der Waals surface area contributed by atoms with Gasteiger partial charge in [-0.15, -0.1) is 0 Å². The van der Waals surface area contributed by atoms with Gasteiger partial charge in [0, 0.05) is 12.6 Å². The summed E-state index contributed by atoms with van der Waals surface area (Å²) in [5.74, 6) is 0. The Morgan fingerprint density at radius 3 is 2.12 bits per heavy atom. The van der Waals surface area contributed by atoms with Crippen LogP contribution in [-0.2, 0) is 4.74 Å². The number of nitrogens with zero attached hydrogens (tertiary/aromatic N) is 1. The van der Waals surface area contributed by atoms with Crippen molar-refractivity contribution < 1.29 is 9.84 Å². The lowest BCUT2D eigenvalue weighted by Gasteiger charge is -2.37. The smallest absolute Gasteiger partial charge is 0.0902 e. The molecule has 3 atom stereocenters. The molecule has 0 aromatic heterocycles. The number of likely N-dealkylation sites (tertiary alicyclic amines) is 1. The van der Waals surface area contributed by atoms with Crippen LogP contribution in [0.25, 0.3) is 0 Å². The van der Waals surface area contributed by atoms with Crippen LogP contribution in [0.3, 0.4) is 0 Å². The molecule has 0 radical (unpaired) electrons. The molecule has 100 valence electrons. The Kier molecular flexibility index (Phi) is 2.89. The van der Waals surface area contributed by atoms with Crippen molar-refractivity contribution in [2.24, 2.45) is 5.41 Å². The summed E-state index contributed by atoms with van der Waals surface area (Å²) in [5.41, 5.74) is 0.0307. The zero-order valence-corrected chi connectivity index (χ0v) is 12.1. The summed E-state index contributed by atoms with van der Waals surface area (Å²) in [6.45, 7) is 11.7. The first-order valence-corrected chi connectivity index (χ1v) is 6.66. The SMILES string of the molecule is CN1CC(O)CC1C1(OC(C)(C)C)CC1(C)C. The van der Waals surface area contributed by atoms with Gasteiger partial charge in [-0.3, -0.25) is 4.90 Å². The normalized spacial score (nSPS) is 41.8. The lowest BCUT2D eigenvalue weighted by atomic mass is 9.96. The molecule has 0 bridgehead atoms. The summed E-state index contributed by atoms with van der Waals surface area (Å²) in [7, 11) is 2.10. The summed E-state index contributed by atoms with van der Waals surface area (Å²) in [5, 5.41) is 9.83. The van der Waals surface area contributed by atoms with Gasteiger partial charge in [0.25, 0.3) is 0 Å². The maximum atomic E-state index is 9.83. The Hall–Kier alpha value is -0.120. The van der Waals surface area contributed by atoms with Crippen molar-refractivity contribution in [2.45, 2.75) is 70.8 Å². The van der Waals surface area contributed by atoms with Crippen LogP contribution in [0.2, 0.25) is 0 Å². The van der Waals surface area contributed by atoms with Crippen LogP contribution >= 0.6 is 0 Å². The average molecular weight is 241 g/mol. The van der Waals surface area contributed by atoms with E-state index in [1.807, 2.05) is 0 Å². The molecule has 3 unspecified atom stereocenters. The average Bonchev–Trinajstić information content (AvgIpc) is 2.45. The second-order valence-corrected chi connectivity index (χ2v) is 7.51. The molecule has 1 heterocycles. The molecule has 1 N–H and O–H groups in total. The number of hydrogen-bond donors (Lipinski definition) is 1. The lowest BCUT2D eigenvalue weighted by Crippen LogP contribution is -2.46. The van der Waals surface area contributed by atoms with Crippen molar-refractivity contribution in [2.75, 3.05) is 13.6 Å². The van der Waals surface area contributed by atoms with Gasteiger partial charge in [-0.25, -0.2) is 0 Å². The first-order chi connectivity index (χ1) is 7.57. The van der Waals surface area contributed by atoms with Crippen molar-refractivity contribution in [3.05, 3.63) is 0 Å². The van der Waals surface area contributed by atoms with E-state index in [2.05, 4.69) is 46.6 Å². The van der Waals surface area contributed by atoms with Crippen LogP contribution in [0.15, 0.2) is 0 Å². The molecule has 3 nitrogen and oxygen atoms in total. The van der Waals surface area contributed by atoms with Crippen molar-refractivity contribution in [3.8, 4) is 0 Å². The first kappa shape index (κ1) is 13.3. The molecule has 3 heteroatoms. The van der Waals surface area contributed by atoms with Crippen LogP contribution in [0, 0.1) is 5.41 Å². The van der Waals surface area contributed by atoms with Crippen LogP contribution in [0.1, 0.15) is 47.5 Å². The zero-order chi connectivity index (χ0) is 13.1. The molecular formula is C14H27NO2. The fourth-order valence-electron chi connectivity index (χ4n) is 3.49. The molecule has 1 saturated carbocycles. The molecule has 0 aromatic rings. The fourth-order valence-corrected chi connectivity index (χ4v) is 3.49. The zero-order valence-electron chi connectivity index (χ0n) is 12.1. The molecule has 1 aliphatic carbocycles. The van der Waals surface area contributed by atoms with Gasteiger partial charge < -0.3 is 9.84 Å². The van der Waals surface area contributed by atoms with Crippen molar-refractivity contribution >= 4 is 0 Å². The van der Waals surface area contributed by atoms with E-state index in [4.69, 9.17) is 4.74 Å². The molecule has 2 aliphatic rings. The maximum Gasteiger partial charge on any atom is 0.0902 e. The largest absolute Gasteiger partial charge is 0.392 e. The van der Waals surface area contributed by atoms with Crippen LogP contribution in [0.5, 0.6) is 0 Å². The van der Waals surface area contributed by atoms with E-state index in [0.29, 0.717) is 6.04 Å². The quantitative estimate of drug-likeness (QED) is 0.803. The van der Waals surface area contributed by atoms with Gasteiger partial charge in [0.15, 0.2) is 0 Å². The van der Waals surface area contributed by atoms with Gasteiger partial charge in [0.05, 0.1) is 17.3 Å². The molecule has 0 amide bonds. The van der Waals surface area contributed by atoms with Crippen LogP contribution in [0.4, 0.5) is 0 Å². The van der Waals surface area contributed by atoms with Crippen LogP contribution < -0.4 is 0 Å². The molecular weight excluding hydrogens is 214 g/mol. The van der Waals surface area contributed by atoms with E-state index in [1.54, 1.807) is 0 Å². The number of aliphatic hydroxyl groups excluding tert-OH is 1. The summed E-state index contributed by atoms with van der Waals surface area (Å²) in [6.07, 6.45) is 1.75. The minimum absolute atomic E-state index is 0.0719. The molecule has 1 saturated heterocycles.